The SMILES string of the molecule is COCCN(CCC1(N)CCCC1)C(C)C. The summed E-state index contributed by atoms with van der Waals surface area (Å²) in [6.07, 6.45) is 6.19. The van der Waals surface area contributed by atoms with Gasteiger partial charge in [0, 0.05) is 31.8 Å². The molecule has 0 heterocycles. The fourth-order valence-electron chi connectivity index (χ4n) is 2.53. The van der Waals surface area contributed by atoms with Gasteiger partial charge >= 0.3 is 0 Å². The van der Waals surface area contributed by atoms with Gasteiger partial charge in [-0.25, -0.2) is 0 Å². The lowest BCUT2D eigenvalue weighted by Crippen LogP contribution is -2.43. The van der Waals surface area contributed by atoms with Gasteiger partial charge in [-0.3, -0.25) is 4.90 Å². The van der Waals surface area contributed by atoms with Crippen molar-refractivity contribution in [1.82, 2.24) is 4.90 Å². The topological polar surface area (TPSA) is 38.5 Å². The van der Waals surface area contributed by atoms with Gasteiger partial charge in [0.05, 0.1) is 6.61 Å². The summed E-state index contributed by atoms with van der Waals surface area (Å²) in [7, 11) is 1.76. The molecule has 0 amide bonds. The first kappa shape index (κ1) is 13.9. The van der Waals surface area contributed by atoms with Gasteiger partial charge in [0.1, 0.15) is 0 Å². The Kier molecular flexibility index (Phi) is 5.73. The average molecular weight is 228 g/mol. The summed E-state index contributed by atoms with van der Waals surface area (Å²) in [6, 6.07) is 0.583. The Bertz CT molecular complexity index is 188. The molecular weight excluding hydrogens is 200 g/mol. The molecular formula is C13H28N2O. The molecule has 0 aliphatic heterocycles. The van der Waals surface area contributed by atoms with E-state index in [9.17, 15) is 0 Å². The maximum Gasteiger partial charge on any atom is 0.0589 e. The second-order valence-electron chi connectivity index (χ2n) is 5.44. The molecule has 0 bridgehead atoms. The standard InChI is InChI=1S/C13H28N2O/c1-12(2)15(10-11-16-3)9-8-13(14)6-4-5-7-13/h12H,4-11,14H2,1-3H3. The van der Waals surface area contributed by atoms with Crippen LogP contribution < -0.4 is 5.73 Å². The van der Waals surface area contributed by atoms with Crippen molar-refractivity contribution in [2.75, 3.05) is 26.8 Å². The number of nitrogens with zero attached hydrogens (tertiary/aromatic N) is 1. The lowest BCUT2D eigenvalue weighted by Gasteiger charge is -2.31. The van der Waals surface area contributed by atoms with Crippen LogP contribution in [0.2, 0.25) is 0 Å². The molecule has 2 N–H and O–H groups in total. The predicted octanol–water partition coefficient (Wildman–Crippen LogP) is 2.00. The predicted molar refractivity (Wildman–Crippen MR) is 68.6 cm³/mol. The molecule has 0 aromatic heterocycles. The zero-order valence-corrected chi connectivity index (χ0v) is 11.2. The lowest BCUT2D eigenvalue weighted by atomic mass is 9.94. The zero-order valence-electron chi connectivity index (χ0n) is 11.2. The minimum Gasteiger partial charge on any atom is -0.383 e. The maximum absolute atomic E-state index is 6.38. The van der Waals surface area contributed by atoms with E-state index in [1.54, 1.807) is 7.11 Å². The van der Waals surface area contributed by atoms with Crippen LogP contribution in [0.5, 0.6) is 0 Å². The fourth-order valence-corrected chi connectivity index (χ4v) is 2.53. The van der Waals surface area contributed by atoms with Crippen molar-refractivity contribution in [3.05, 3.63) is 0 Å². The van der Waals surface area contributed by atoms with Crippen LogP contribution >= 0.6 is 0 Å². The van der Waals surface area contributed by atoms with E-state index >= 15 is 0 Å². The highest BCUT2D eigenvalue weighted by Crippen LogP contribution is 2.30. The normalized spacial score (nSPS) is 19.9. The van der Waals surface area contributed by atoms with Crippen LogP contribution in [0.3, 0.4) is 0 Å². The fraction of sp³-hybridized carbons (Fsp3) is 1.00. The number of hydrogen-bond acceptors (Lipinski definition) is 3. The third-order valence-corrected chi connectivity index (χ3v) is 3.81. The second-order valence-corrected chi connectivity index (χ2v) is 5.44. The Morgan fingerprint density at radius 2 is 1.88 bits per heavy atom. The molecule has 0 spiro atoms. The lowest BCUT2D eigenvalue weighted by molar-refractivity contribution is 0.122. The van der Waals surface area contributed by atoms with E-state index in [1.165, 1.54) is 25.7 Å². The van der Waals surface area contributed by atoms with Crippen LogP contribution in [0.1, 0.15) is 46.0 Å². The van der Waals surface area contributed by atoms with E-state index in [4.69, 9.17) is 10.5 Å². The van der Waals surface area contributed by atoms with E-state index in [0.717, 1.165) is 26.1 Å². The second kappa shape index (κ2) is 6.58. The zero-order chi connectivity index (χ0) is 12.0. The van der Waals surface area contributed by atoms with E-state index in [1.807, 2.05) is 0 Å². The van der Waals surface area contributed by atoms with Crippen LogP contribution in [0.4, 0.5) is 0 Å². The van der Waals surface area contributed by atoms with Crippen molar-refractivity contribution < 1.29 is 4.74 Å². The van der Waals surface area contributed by atoms with E-state index in [0.29, 0.717) is 6.04 Å². The molecule has 0 saturated heterocycles. The first-order valence-corrected chi connectivity index (χ1v) is 6.59. The molecule has 3 nitrogen and oxygen atoms in total. The third kappa shape index (κ3) is 4.40. The van der Waals surface area contributed by atoms with Crippen LogP contribution in [-0.2, 0) is 4.74 Å². The Morgan fingerprint density at radius 3 is 2.38 bits per heavy atom. The van der Waals surface area contributed by atoms with Crippen LogP contribution in [0, 0.1) is 0 Å². The number of rotatable bonds is 7. The van der Waals surface area contributed by atoms with Crippen molar-refractivity contribution in [3.63, 3.8) is 0 Å². The number of methoxy groups -OCH3 is 1. The van der Waals surface area contributed by atoms with Crippen molar-refractivity contribution in [2.24, 2.45) is 5.73 Å². The van der Waals surface area contributed by atoms with E-state index in [-0.39, 0.29) is 5.54 Å². The molecule has 96 valence electrons. The Morgan fingerprint density at radius 1 is 1.25 bits per heavy atom. The first-order valence-electron chi connectivity index (χ1n) is 6.59. The maximum atomic E-state index is 6.38. The third-order valence-electron chi connectivity index (χ3n) is 3.81. The summed E-state index contributed by atoms with van der Waals surface area (Å²) >= 11 is 0. The molecule has 1 fully saturated rings. The Hall–Kier alpha value is -0.120. The quantitative estimate of drug-likeness (QED) is 0.724. The van der Waals surface area contributed by atoms with E-state index < -0.39 is 0 Å². The smallest absolute Gasteiger partial charge is 0.0589 e. The highest BCUT2D eigenvalue weighted by atomic mass is 16.5. The monoisotopic (exact) mass is 228 g/mol. The molecule has 1 aliphatic rings. The summed E-state index contributed by atoms with van der Waals surface area (Å²) in [5, 5.41) is 0. The van der Waals surface area contributed by atoms with Gasteiger partial charge in [0.15, 0.2) is 0 Å². The molecule has 0 atom stereocenters. The van der Waals surface area contributed by atoms with Gasteiger partial charge in [0.2, 0.25) is 0 Å². The van der Waals surface area contributed by atoms with Gasteiger partial charge in [0.25, 0.3) is 0 Å². The van der Waals surface area contributed by atoms with E-state index in [2.05, 4.69) is 18.7 Å². The van der Waals surface area contributed by atoms with Crippen molar-refractivity contribution in [1.29, 1.82) is 0 Å². The van der Waals surface area contributed by atoms with Crippen LogP contribution in [0.25, 0.3) is 0 Å². The van der Waals surface area contributed by atoms with Gasteiger partial charge < -0.3 is 10.5 Å². The van der Waals surface area contributed by atoms with Gasteiger partial charge in [-0.15, -0.1) is 0 Å². The Labute approximate surface area is 100 Å². The largest absolute Gasteiger partial charge is 0.383 e. The van der Waals surface area contributed by atoms with Crippen LogP contribution in [0.15, 0.2) is 0 Å². The molecule has 0 aromatic carbocycles. The van der Waals surface area contributed by atoms with Gasteiger partial charge in [-0.05, 0) is 33.1 Å². The average Bonchev–Trinajstić information content (AvgIpc) is 2.65. The van der Waals surface area contributed by atoms with Gasteiger partial charge in [-0.2, -0.15) is 0 Å². The molecule has 0 unspecified atom stereocenters. The summed E-state index contributed by atoms with van der Waals surface area (Å²) in [5.41, 5.74) is 6.50. The summed E-state index contributed by atoms with van der Waals surface area (Å²) in [5.74, 6) is 0. The molecule has 1 rings (SSSR count). The van der Waals surface area contributed by atoms with Crippen molar-refractivity contribution >= 4 is 0 Å². The molecule has 0 radical (unpaired) electrons. The molecule has 0 aromatic rings. The van der Waals surface area contributed by atoms with Crippen molar-refractivity contribution in [2.45, 2.75) is 57.5 Å². The molecule has 1 saturated carbocycles. The number of hydrogen-bond donors (Lipinski definition) is 1. The minimum atomic E-state index is 0.125. The Balaban J connectivity index is 2.31. The number of nitrogens with two attached hydrogens (primary N) is 1. The van der Waals surface area contributed by atoms with Gasteiger partial charge in [-0.1, -0.05) is 12.8 Å². The number of ether oxygens (including phenoxy) is 1. The van der Waals surface area contributed by atoms with Crippen molar-refractivity contribution in [3.8, 4) is 0 Å². The molecule has 1 aliphatic carbocycles. The summed E-state index contributed by atoms with van der Waals surface area (Å²) in [4.78, 5) is 2.47. The molecule has 16 heavy (non-hydrogen) atoms. The highest BCUT2D eigenvalue weighted by molar-refractivity contribution is 4.90. The summed E-state index contributed by atoms with van der Waals surface area (Å²) in [6.45, 7) is 7.43. The van der Waals surface area contributed by atoms with Crippen LogP contribution in [-0.4, -0.2) is 43.3 Å². The summed E-state index contributed by atoms with van der Waals surface area (Å²) < 4.78 is 5.15. The first-order chi connectivity index (χ1) is 7.57. The minimum absolute atomic E-state index is 0.125. The highest BCUT2D eigenvalue weighted by Gasteiger charge is 2.29. The molecule has 3 heteroatoms.